The van der Waals surface area contributed by atoms with Gasteiger partial charge in [0, 0.05) is 26.7 Å². The second kappa shape index (κ2) is 8.51. The molecule has 1 N–H and O–H groups in total. The van der Waals surface area contributed by atoms with E-state index in [0.717, 1.165) is 5.56 Å². The average Bonchev–Trinajstić information content (AvgIpc) is 2.39. The van der Waals surface area contributed by atoms with Crippen LogP contribution in [0.15, 0.2) is 24.3 Å². The number of amides is 1. The van der Waals surface area contributed by atoms with Gasteiger partial charge in [-0.3, -0.25) is 4.79 Å². The summed E-state index contributed by atoms with van der Waals surface area (Å²) < 4.78 is 44.6. The minimum absolute atomic E-state index is 0.0657. The molecular weight excluding hydrogens is 287 g/mol. The molecule has 0 radical (unpaired) electrons. The molecule has 0 unspecified atom stereocenters. The van der Waals surface area contributed by atoms with E-state index in [2.05, 4.69) is 10.1 Å². The summed E-state index contributed by atoms with van der Waals surface area (Å²) >= 11 is 0. The predicted octanol–water partition coefficient (Wildman–Crippen LogP) is 2.67. The van der Waals surface area contributed by atoms with Crippen LogP contribution >= 0.6 is 0 Å². The Morgan fingerprint density at radius 1 is 1.24 bits per heavy atom. The molecule has 0 atom stereocenters. The van der Waals surface area contributed by atoms with Crippen molar-refractivity contribution < 1.29 is 27.4 Å². The summed E-state index contributed by atoms with van der Waals surface area (Å²) in [6, 6.07) is 5.59. The molecule has 0 bridgehead atoms. The summed E-state index contributed by atoms with van der Waals surface area (Å²) in [5, 5.41) is 2.74. The number of halogens is 3. The Bertz CT molecular complexity index is 432. The van der Waals surface area contributed by atoms with Crippen LogP contribution in [-0.4, -0.2) is 32.5 Å². The van der Waals surface area contributed by atoms with Gasteiger partial charge in [-0.2, -0.15) is 0 Å². The highest BCUT2D eigenvalue weighted by atomic mass is 19.4. The molecule has 0 saturated carbocycles. The zero-order chi connectivity index (χ0) is 15.7. The fourth-order valence-electron chi connectivity index (χ4n) is 1.67. The van der Waals surface area contributed by atoms with Gasteiger partial charge in [-0.1, -0.05) is 12.1 Å². The standard InChI is InChI=1S/C14H18F3NO3/c1-20-10-2-3-13(19)18-9-8-11-4-6-12(7-5-11)21-14(15,16)17/h4-7H,2-3,8-10H2,1H3,(H,18,19). The molecule has 118 valence electrons. The lowest BCUT2D eigenvalue weighted by molar-refractivity contribution is -0.274. The number of hydrogen-bond donors (Lipinski definition) is 1. The van der Waals surface area contributed by atoms with Gasteiger partial charge in [-0.25, -0.2) is 0 Å². The van der Waals surface area contributed by atoms with Crippen molar-refractivity contribution in [2.75, 3.05) is 20.3 Å². The Morgan fingerprint density at radius 2 is 1.90 bits per heavy atom. The van der Waals surface area contributed by atoms with E-state index in [9.17, 15) is 18.0 Å². The van der Waals surface area contributed by atoms with Gasteiger partial charge in [0.05, 0.1) is 0 Å². The number of alkyl halides is 3. The highest BCUT2D eigenvalue weighted by Gasteiger charge is 2.30. The average molecular weight is 305 g/mol. The van der Waals surface area contributed by atoms with E-state index >= 15 is 0 Å². The van der Waals surface area contributed by atoms with Crippen LogP contribution in [0, 0.1) is 0 Å². The Hall–Kier alpha value is -1.76. The van der Waals surface area contributed by atoms with Crippen molar-refractivity contribution in [2.24, 2.45) is 0 Å². The van der Waals surface area contributed by atoms with E-state index < -0.39 is 6.36 Å². The second-order valence-corrected chi connectivity index (χ2v) is 4.39. The summed E-state index contributed by atoms with van der Waals surface area (Å²) in [4.78, 5) is 11.4. The van der Waals surface area contributed by atoms with Gasteiger partial charge in [0.15, 0.2) is 0 Å². The molecule has 0 fully saturated rings. The quantitative estimate of drug-likeness (QED) is 0.751. The number of rotatable bonds is 8. The molecule has 1 aromatic rings. The van der Waals surface area contributed by atoms with Gasteiger partial charge >= 0.3 is 6.36 Å². The highest BCUT2D eigenvalue weighted by molar-refractivity contribution is 5.75. The molecule has 0 aliphatic carbocycles. The summed E-state index contributed by atoms with van der Waals surface area (Å²) in [6.45, 7) is 0.972. The first kappa shape index (κ1) is 17.3. The molecule has 1 amide bonds. The molecule has 0 spiro atoms. The number of benzene rings is 1. The summed E-state index contributed by atoms with van der Waals surface area (Å²) in [5.74, 6) is -0.320. The monoisotopic (exact) mass is 305 g/mol. The Morgan fingerprint density at radius 3 is 2.48 bits per heavy atom. The van der Waals surface area contributed by atoms with Crippen LogP contribution in [0.5, 0.6) is 5.75 Å². The predicted molar refractivity (Wildman–Crippen MR) is 70.9 cm³/mol. The largest absolute Gasteiger partial charge is 0.573 e. The number of carbonyl (C=O) groups is 1. The van der Waals surface area contributed by atoms with E-state index in [1.54, 1.807) is 7.11 Å². The summed E-state index contributed by atoms with van der Waals surface area (Å²) in [6.07, 6.45) is -3.09. The lowest BCUT2D eigenvalue weighted by Gasteiger charge is -2.09. The summed E-state index contributed by atoms with van der Waals surface area (Å²) in [7, 11) is 1.57. The topological polar surface area (TPSA) is 47.6 Å². The number of ether oxygens (including phenoxy) is 2. The lowest BCUT2D eigenvalue weighted by atomic mass is 10.1. The van der Waals surface area contributed by atoms with Crippen molar-refractivity contribution in [1.29, 1.82) is 0 Å². The zero-order valence-electron chi connectivity index (χ0n) is 11.7. The Labute approximate surface area is 121 Å². The third-order valence-corrected chi connectivity index (χ3v) is 2.65. The number of methoxy groups -OCH3 is 1. The van der Waals surface area contributed by atoms with Crippen molar-refractivity contribution in [1.82, 2.24) is 5.32 Å². The molecule has 21 heavy (non-hydrogen) atoms. The smallest absolute Gasteiger partial charge is 0.406 e. The minimum Gasteiger partial charge on any atom is -0.406 e. The minimum atomic E-state index is -4.68. The third kappa shape index (κ3) is 8.19. The molecule has 0 aliphatic rings. The van der Waals surface area contributed by atoms with Gasteiger partial charge in [-0.15, -0.1) is 13.2 Å². The fourth-order valence-corrected chi connectivity index (χ4v) is 1.67. The first-order valence-corrected chi connectivity index (χ1v) is 6.51. The molecule has 1 rings (SSSR count). The number of carbonyl (C=O) groups excluding carboxylic acids is 1. The highest BCUT2D eigenvalue weighted by Crippen LogP contribution is 2.22. The molecule has 1 aromatic carbocycles. The van der Waals surface area contributed by atoms with Crippen LogP contribution in [0.2, 0.25) is 0 Å². The molecular formula is C14H18F3NO3. The maximum atomic E-state index is 12.0. The van der Waals surface area contributed by atoms with Crippen molar-refractivity contribution in [3.8, 4) is 5.75 Å². The van der Waals surface area contributed by atoms with Crippen molar-refractivity contribution >= 4 is 5.91 Å². The molecule has 0 heterocycles. The van der Waals surface area contributed by atoms with Gasteiger partial charge in [0.2, 0.25) is 5.91 Å². The van der Waals surface area contributed by atoms with E-state index in [4.69, 9.17) is 4.74 Å². The molecule has 0 aromatic heterocycles. The van der Waals surface area contributed by atoms with Gasteiger partial charge in [-0.05, 0) is 30.5 Å². The van der Waals surface area contributed by atoms with E-state index in [1.165, 1.54) is 24.3 Å². The van der Waals surface area contributed by atoms with Crippen LogP contribution < -0.4 is 10.1 Å². The van der Waals surface area contributed by atoms with Crippen LogP contribution in [-0.2, 0) is 16.0 Å². The van der Waals surface area contributed by atoms with Crippen LogP contribution in [0.3, 0.4) is 0 Å². The Kier molecular flexibility index (Phi) is 7.01. The normalized spacial score (nSPS) is 11.2. The lowest BCUT2D eigenvalue weighted by Crippen LogP contribution is -2.25. The van der Waals surface area contributed by atoms with Gasteiger partial charge < -0.3 is 14.8 Å². The Balaban J connectivity index is 2.28. The van der Waals surface area contributed by atoms with Crippen molar-refractivity contribution in [3.63, 3.8) is 0 Å². The SMILES string of the molecule is COCCCC(=O)NCCc1ccc(OC(F)(F)F)cc1. The van der Waals surface area contributed by atoms with Crippen molar-refractivity contribution in [3.05, 3.63) is 29.8 Å². The molecule has 0 saturated heterocycles. The van der Waals surface area contributed by atoms with Gasteiger partial charge in [0.25, 0.3) is 0 Å². The van der Waals surface area contributed by atoms with E-state index in [-0.39, 0.29) is 11.7 Å². The second-order valence-electron chi connectivity index (χ2n) is 4.39. The van der Waals surface area contributed by atoms with E-state index in [1.807, 2.05) is 0 Å². The van der Waals surface area contributed by atoms with Crippen molar-refractivity contribution in [2.45, 2.75) is 25.6 Å². The maximum Gasteiger partial charge on any atom is 0.573 e. The van der Waals surface area contributed by atoms with Crippen LogP contribution in [0.4, 0.5) is 13.2 Å². The zero-order valence-corrected chi connectivity index (χ0v) is 11.7. The first-order valence-electron chi connectivity index (χ1n) is 6.51. The fraction of sp³-hybridized carbons (Fsp3) is 0.500. The van der Waals surface area contributed by atoms with Crippen LogP contribution in [0.25, 0.3) is 0 Å². The number of nitrogens with one attached hydrogen (secondary N) is 1. The molecule has 0 aliphatic heterocycles. The molecule has 4 nitrogen and oxygen atoms in total. The third-order valence-electron chi connectivity index (χ3n) is 2.65. The molecule has 7 heteroatoms. The van der Waals surface area contributed by atoms with E-state index in [0.29, 0.717) is 32.4 Å². The number of hydrogen-bond acceptors (Lipinski definition) is 3. The summed E-state index contributed by atoms with van der Waals surface area (Å²) in [5.41, 5.74) is 0.821. The maximum absolute atomic E-state index is 12.0. The van der Waals surface area contributed by atoms with Crippen LogP contribution in [0.1, 0.15) is 18.4 Å². The first-order chi connectivity index (χ1) is 9.90. The van der Waals surface area contributed by atoms with Gasteiger partial charge in [0.1, 0.15) is 5.75 Å².